The van der Waals surface area contributed by atoms with Crippen LogP contribution >= 0.6 is 0 Å². The predicted octanol–water partition coefficient (Wildman–Crippen LogP) is 0.954. The van der Waals surface area contributed by atoms with Crippen LogP contribution in [0.2, 0.25) is 0 Å². The van der Waals surface area contributed by atoms with Gasteiger partial charge in [0.1, 0.15) is 0 Å². The van der Waals surface area contributed by atoms with Crippen LogP contribution < -0.4 is 5.73 Å². The molecule has 1 heterocycles. The highest BCUT2D eigenvalue weighted by atomic mass is 32.2. The van der Waals surface area contributed by atoms with Crippen LogP contribution in [0.25, 0.3) is 0 Å². The minimum absolute atomic E-state index is 0.0272. The van der Waals surface area contributed by atoms with E-state index in [1.54, 1.807) is 0 Å². The maximum Gasteiger partial charge on any atom is 0.153 e. The number of nitrogens with two attached hydrogens (primary N) is 1. The molecule has 1 aliphatic rings. The highest BCUT2D eigenvalue weighted by molar-refractivity contribution is 7.91. The summed E-state index contributed by atoms with van der Waals surface area (Å²) >= 11 is 0. The smallest absolute Gasteiger partial charge is 0.153 e. The minimum Gasteiger partial charge on any atom is -0.371 e. The first-order valence-electron chi connectivity index (χ1n) is 5.82. The summed E-state index contributed by atoms with van der Waals surface area (Å²) in [6, 6.07) is 0. The van der Waals surface area contributed by atoms with Gasteiger partial charge in [-0.2, -0.15) is 0 Å². The second-order valence-electron chi connectivity index (χ2n) is 5.46. The van der Waals surface area contributed by atoms with Gasteiger partial charge in [-0.25, -0.2) is 8.42 Å². The average molecular weight is 249 g/mol. The average Bonchev–Trinajstić information content (AvgIpc) is 2.43. The number of hydrogen-bond acceptors (Lipinski definition) is 4. The van der Waals surface area contributed by atoms with Crippen molar-refractivity contribution in [1.82, 2.24) is 0 Å². The van der Waals surface area contributed by atoms with E-state index >= 15 is 0 Å². The van der Waals surface area contributed by atoms with Crippen molar-refractivity contribution < 1.29 is 13.2 Å². The van der Waals surface area contributed by atoms with E-state index < -0.39 is 9.84 Å². The SMILES string of the molecule is CC(CN)CS(=O)(=O)CC1CCC(C)(C)O1. The Balaban J connectivity index is 2.48. The molecular formula is C11H23NO3S. The molecule has 2 unspecified atom stereocenters. The third-order valence-corrected chi connectivity index (χ3v) is 4.89. The summed E-state index contributed by atoms with van der Waals surface area (Å²) in [6.45, 7) is 6.28. The number of ether oxygens (including phenoxy) is 1. The van der Waals surface area contributed by atoms with Crippen LogP contribution in [-0.4, -0.2) is 38.2 Å². The molecule has 5 heteroatoms. The highest BCUT2D eigenvalue weighted by Gasteiger charge is 2.34. The van der Waals surface area contributed by atoms with E-state index in [1.807, 2.05) is 20.8 Å². The molecule has 1 saturated heterocycles. The molecule has 96 valence electrons. The molecule has 2 N–H and O–H groups in total. The van der Waals surface area contributed by atoms with Gasteiger partial charge in [0.15, 0.2) is 9.84 Å². The number of hydrogen-bond donors (Lipinski definition) is 1. The standard InChI is InChI=1S/C11H23NO3S/c1-9(6-12)7-16(13,14)8-10-4-5-11(2,3)15-10/h9-10H,4-8,12H2,1-3H3. The summed E-state index contributed by atoms with van der Waals surface area (Å²) in [5, 5.41) is 0. The lowest BCUT2D eigenvalue weighted by atomic mass is 10.1. The maximum absolute atomic E-state index is 11.8. The Morgan fingerprint density at radius 1 is 1.50 bits per heavy atom. The van der Waals surface area contributed by atoms with E-state index in [9.17, 15) is 8.42 Å². The molecule has 0 radical (unpaired) electrons. The van der Waals surface area contributed by atoms with Crippen LogP contribution in [0.5, 0.6) is 0 Å². The normalized spacial score (nSPS) is 26.9. The lowest BCUT2D eigenvalue weighted by Crippen LogP contribution is -2.29. The summed E-state index contributed by atoms with van der Waals surface area (Å²) in [5.74, 6) is 0.337. The second kappa shape index (κ2) is 5.02. The Hall–Kier alpha value is -0.130. The lowest BCUT2D eigenvalue weighted by molar-refractivity contribution is -0.00528. The first kappa shape index (κ1) is 13.9. The quantitative estimate of drug-likeness (QED) is 0.787. The van der Waals surface area contributed by atoms with Crippen molar-refractivity contribution in [3.05, 3.63) is 0 Å². The van der Waals surface area contributed by atoms with Crippen LogP contribution in [0.4, 0.5) is 0 Å². The summed E-state index contributed by atoms with van der Waals surface area (Å²) < 4.78 is 29.4. The Labute approximate surface area is 98.5 Å². The molecule has 0 aromatic rings. The Morgan fingerprint density at radius 2 is 2.12 bits per heavy atom. The molecule has 4 nitrogen and oxygen atoms in total. The monoisotopic (exact) mass is 249 g/mol. The van der Waals surface area contributed by atoms with Crippen LogP contribution in [0.15, 0.2) is 0 Å². The van der Waals surface area contributed by atoms with Crippen molar-refractivity contribution in [2.45, 2.75) is 45.3 Å². The van der Waals surface area contributed by atoms with Gasteiger partial charge in [-0.05, 0) is 39.2 Å². The van der Waals surface area contributed by atoms with E-state index in [4.69, 9.17) is 10.5 Å². The molecule has 2 atom stereocenters. The van der Waals surface area contributed by atoms with E-state index in [-0.39, 0.29) is 29.1 Å². The fourth-order valence-electron chi connectivity index (χ4n) is 2.05. The van der Waals surface area contributed by atoms with Crippen molar-refractivity contribution in [3.63, 3.8) is 0 Å². The Bertz CT molecular complexity index is 324. The zero-order valence-corrected chi connectivity index (χ0v) is 11.2. The third kappa shape index (κ3) is 4.39. The van der Waals surface area contributed by atoms with Crippen LogP contribution in [-0.2, 0) is 14.6 Å². The van der Waals surface area contributed by atoms with Crippen LogP contribution in [0.3, 0.4) is 0 Å². The number of sulfone groups is 1. The second-order valence-corrected chi connectivity index (χ2v) is 7.61. The maximum atomic E-state index is 11.8. The Kier molecular flexibility index (Phi) is 4.37. The molecule has 1 aliphatic heterocycles. The number of rotatable bonds is 5. The fourth-order valence-corrected chi connectivity index (χ4v) is 3.99. The van der Waals surface area contributed by atoms with Crippen molar-refractivity contribution in [2.24, 2.45) is 11.7 Å². The van der Waals surface area contributed by atoms with Gasteiger partial charge in [0.05, 0.1) is 23.2 Å². The molecule has 0 aromatic carbocycles. The summed E-state index contributed by atoms with van der Waals surface area (Å²) in [7, 11) is -3.03. The Morgan fingerprint density at radius 3 is 2.56 bits per heavy atom. The summed E-state index contributed by atoms with van der Waals surface area (Å²) in [6.07, 6.45) is 1.63. The van der Waals surface area contributed by atoms with Gasteiger partial charge in [-0.15, -0.1) is 0 Å². The van der Waals surface area contributed by atoms with E-state index in [0.29, 0.717) is 6.54 Å². The molecule has 1 fully saturated rings. The summed E-state index contributed by atoms with van der Waals surface area (Å²) in [5.41, 5.74) is 5.27. The van der Waals surface area contributed by atoms with Gasteiger partial charge >= 0.3 is 0 Å². The molecule has 0 amide bonds. The molecule has 1 rings (SSSR count). The molecule has 16 heavy (non-hydrogen) atoms. The minimum atomic E-state index is -3.03. The zero-order valence-electron chi connectivity index (χ0n) is 10.4. The first-order valence-corrected chi connectivity index (χ1v) is 7.64. The van der Waals surface area contributed by atoms with Gasteiger partial charge in [0, 0.05) is 0 Å². The van der Waals surface area contributed by atoms with Crippen molar-refractivity contribution in [3.8, 4) is 0 Å². The van der Waals surface area contributed by atoms with Gasteiger partial charge in [-0.3, -0.25) is 0 Å². The molecule has 0 saturated carbocycles. The van der Waals surface area contributed by atoms with Gasteiger partial charge in [-0.1, -0.05) is 6.92 Å². The van der Waals surface area contributed by atoms with Crippen molar-refractivity contribution in [1.29, 1.82) is 0 Å². The molecule has 0 aliphatic carbocycles. The van der Waals surface area contributed by atoms with Crippen LogP contribution in [0.1, 0.15) is 33.6 Å². The zero-order chi connectivity index (χ0) is 12.4. The van der Waals surface area contributed by atoms with Crippen LogP contribution in [0, 0.1) is 5.92 Å². The van der Waals surface area contributed by atoms with Crippen molar-refractivity contribution in [2.75, 3.05) is 18.1 Å². The van der Waals surface area contributed by atoms with E-state index in [1.165, 1.54) is 0 Å². The van der Waals surface area contributed by atoms with Gasteiger partial charge in [0.25, 0.3) is 0 Å². The third-order valence-electron chi connectivity index (χ3n) is 2.93. The van der Waals surface area contributed by atoms with Gasteiger partial charge in [0.2, 0.25) is 0 Å². The summed E-state index contributed by atoms with van der Waals surface area (Å²) in [4.78, 5) is 0. The lowest BCUT2D eigenvalue weighted by Gasteiger charge is -2.19. The molecule has 0 spiro atoms. The largest absolute Gasteiger partial charge is 0.371 e. The molecule has 0 bridgehead atoms. The van der Waals surface area contributed by atoms with E-state index in [0.717, 1.165) is 12.8 Å². The van der Waals surface area contributed by atoms with Gasteiger partial charge < -0.3 is 10.5 Å². The molecular weight excluding hydrogens is 226 g/mol. The molecule has 0 aromatic heterocycles. The van der Waals surface area contributed by atoms with Crippen molar-refractivity contribution >= 4 is 9.84 Å². The first-order chi connectivity index (χ1) is 7.24. The predicted molar refractivity (Wildman–Crippen MR) is 65.1 cm³/mol. The fraction of sp³-hybridized carbons (Fsp3) is 1.00. The topological polar surface area (TPSA) is 69.4 Å². The highest BCUT2D eigenvalue weighted by Crippen LogP contribution is 2.30. The van der Waals surface area contributed by atoms with E-state index in [2.05, 4.69) is 0 Å².